The Bertz CT molecular complexity index is 551. The molecule has 5 heteroatoms. The lowest BCUT2D eigenvalue weighted by molar-refractivity contribution is 0.505. The predicted molar refractivity (Wildman–Crippen MR) is 69.5 cm³/mol. The number of nitrogens with two attached hydrogens (primary N) is 1. The highest BCUT2D eigenvalue weighted by Gasteiger charge is 2.14. The largest absolute Gasteiger partial charge is 0.334 e. The van der Waals surface area contributed by atoms with Crippen molar-refractivity contribution in [3.8, 4) is 0 Å². The van der Waals surface area contributed by atoms with E-state index in [4.69, 9.17) is 5.73 Å². The van der Waals surface area contributed by atoms with Crippen LogP contribution in [0.15, 0.2) is 30.6 Å². The quantitative estimate of drug-likeness (QED) is 0.903. The number of benzene rings is 1. The zero-order chi connectivity index (χ0) is 13.8. The molecule has 0 spiro atoms. The van der Waals surface area contributed by atoms with E-state index in [1.165, 1.54) is 6.07 Å². The fourth-order valence-corrected chi connectivity index (χ4v) is 2.09. The van der Waals surface area contributed by atoms with Gasteiger partial charge in [-0.15, -0.1) is 0 Å². The summed E-state index contributed by atoms with van der Waals surface area (Å²) in [7, 11) is 0. The Balaban J connectivity index is 2.13. The summed E-state index contributed by atoms with van der Waals surface area (Å²) in [4.78, 5) is 4.24. The van der Waals surface area contributed by atoms with E-state index in [9.17, 15) is 8.78 Å². The molecule has 1 aromatic heterocycles. The van der Waals surface area contributed by atoms with Crippen LogP contribution in [0.25, 0.3) is 0 Å². The van der Waals surface area contributed by atoms with Crippen molar-refractivity contribution in [2.75, 3.05) is 0 Å². The molecular formula is C14H17F2N3. The Hall–Kier alpha value is -1.75. The summed E-state index contributed by atoms with van der Waals surface area (Å²) in [5, 5.41) is 0. The number of aryl methyl sites for hydroxylation is 1. The van der Waals surface area contributed by atoms with Gasteiger partial charge in [-0.25, -0.2) is 13.8 Å². The second-order valence-corrected chi connectivity index (χ2v) is 4.54. The van der Waals surface area contributed by atoms with Crippen LogP contribution in [-0.4, -0.2) is 9.55 Å². The Morgan fingerprint density at radius 2 is 2.11 bits per heavy atom. The van der Waals surface area contributed by atoms with Gasteiger partial charge < -0.3 is 10.3 Å². The summed E-state index contributed by atoms with van der Waals surface area (Å²) in [5.74, 6) is -0.919. The zero-order valence-corrected chi connectivity index (χ0v) is 10.8. The van der Waals surface area contributed by atoms with Gasteiger partial charge >= 0.3 is 0 Å². The van der Waals surface area contributed by atoms with Crippen molar-refractivity contribution in [3.63, 3.8) is 0 Å². The zero-order valence-electron chi connectivity index (χ0n) is 10.8. The molecule has 2 aromatic rings. The molecule has 0 radical (unpaired) electrons. The molecule has 0 fully saturated rings. The second-order valence-electron chi connectivity index (χ2n) is 4.54. The van der Waals surface area contributed by atoms with Gasteiger partial charge in [0.1, 0.15) is 5.82 Å². The molecule has 2 N–H and O–H groups in total. The summed E-state index contributed by atoms with van der Waals surface area (Å²) in [6, 6.07) is 3.52. The lowest BCUT2D eigenvalue weighted by atomic mass is 10.1. The molecule has 0 aliphatic rings. The molecule has 0 aliphatic heterocycles. The Labute approximate surface area is 111 Å². The summed E-state index contributed by atoms with van der Waals surface area (Å²) < 4.78 is 28.0. The minimum atomic E-state index is -0.846. The van der Waals surface area contributed by atoms with Crippen LogP contribution in [0.3, 0.4) is 0 Å². The minimum absolute atomic E-state index is 0.327. The first-order chi connectivity index (χ1) is 9.11. The van der Waals surface area contributed by atoms with Crippen LogP contribution in [0.2, 0.25) is 0 Å². The summed E-state index contributed by atoms with van der Waals surface area (Å²) >= 11 is 0. The highest BCUT2D eigenvalue weighted by Crippen LogP contribution is 2.17. The Kier molecular flexibility index (Phi) is 4.27. The average Bonchev–Trinajstić information content (AvgIpc) is 2.83. The van der Waals surface area contributed by atoms with Crippen molar-refractivity contribution >= 4 is 0 Å². The van der Waals surface area contributed by atoms with Gasteiger partial charge in [-0.05, 0) is 30.5 Å². The van der Waals surface area contributed by atoms with E-state index in [-0.39, 0.29) is 6.04 Å². The lowest BCUT2D eigenvalue weighted by Gasteiger charge is -2.14. The van der Waals surface area contributed by atoms with Crippen LogP contribution < -0.4 is 5.73 Å². The van der Waals surface area contributed by atoms with E-state index < -0.39 is 11.6 Å². The van der Waals surface area contributed by atoms with Crippen molar-refractivity contribution < 1.29 is 8.78 Å². The molecule has 19 heavy (non-hydrogen) atoms. The molecule has 0 amide bonds. The van der Waals surface area contributed by atoms with E-state index in [0.717, 1.165) is 24.9 Å². The molecule has 1 unspecified atom stereocenters. The molecule has 1 heterocycles. The van der Waals surface area contributed by atoms with E-state index in [1.807, 2.05) is 10.8 Å². The summed E-state index contributed by atoms with van der Waals surface area (Å²) in [5.41, 5.74) is 6.76. The lowest BCUT2D eigenvalue weighted by Crippen LogP contribution is -2.19. The van der Waals surface area contributed by atoms with Crippen LogP contribution in [-0.2, 0) is 13.0 Å². The molecule has 1 atom stereocenters. The smallest absolute Gasteiger partial charge is 0.159 e. The molecule has 0 aliphatic carbocycles. The van der Waals surface area contributed by atoms with Gasteiger partial charge in [-0.1, -0.05) is 13.0 Å². The Morgan fingerprint density at radius 1 is 1.32 bits per heavy atom. The minimum Gasteiger partial charge on any atom is -0.334 e. The van der Waals surface area contributed by atoms with Crippen LogP contribution in [0, 0.1) is 11.6 Å². The van der Waals surface area contributed by atoms with Crippen molar-refractivity contribution in [2.24, 2.45) is 5.73 Å². The Morgan fingerprint density at radius 3 is 2.79 bits per heavy atom. The highest BCUT2D eigenvalue weighted by atomic mass is 19.2. The first kappa shape index (κ1) is 13.7. The van der Waals surface area contributed by atoms with Crippen LogP contribution in [0.4, 0.5) is 8.78 Å². The second kappa shape index (κ2) is 5.93. The number of nitrogens with zero attached hydrogens (tertiary/aromatic N) is 2. The van der Waals surface area contributed by atoms with Crippen molar-refractivity contribution in [2.45, 2.75) is 32.4 Å². The number of halogens is 2. The maximum Gasteiger partial charge on any atom is 0.159 e. The third-order valence-corrected chi connectivity index (χ3v) is 2.98. The SMILES string of the molecule is CCCn1ccnc1C(N)Cc1ccc(F)c(F)c1. The topological polar surface area (TPSA) is 43.8 Å². The van der Waals surface area contributed by atoms with Gasteiger partial charge in [0.05, 0.1) is 6.04 Å². The maximum absolute atomic E-state index is 13.1. The van der Waals surface area contributed by atoms with Gasteiger partial charge in [0.2, 0.25) is 0 Å². The van der Waals surface area contributed by atoms with Crippen molar-refractivity contribution in [3.05, 3.63) is 53.6 Å². The van der Waals surface area contributed by atoms with Gasteiger partial charge in [0.25, 0.3) is 0 Å². The monoisotopic (exact) mass is 265 g/mol. The van der Waals surface area contributed by atoms with Crippen LogP contribution in [0.5, 0.6) is 0 Å². The highest BCUT2D eigenvalue weighted by molar-refractivity contribution is 5.20. The van der Waals surface area contributed by atoms with E-state index in [0.29, 0.717) is 12.0 Å². The molecule has 0 saturated carbocycles. The molecule has 0 saturated heterocycles. The first-order valence-electron chi connectivity index (χ1n) is 6.32. The number of hydrogen-bond donors (Lipinski definition) is 1. The van der Waals surface area contributed by atoms with E-state index in [1.54, 1.807) is 12.3 Å². The summed E-state index contributed by atoms with van der Waals surface area (Å²) in [6.07, 6.45) is 5.00. The number of aromatic nitrogens is 2. The van der Waals surface area contributed by atoms with Crippen LogP contribution in [0.1, 0.15) is 30.8 Å². The summed E-state index contributed by atoms with van der Waals surface area (Å²) in [6.45, 7) is 2.92. The standard InChI is InChI=1S/C14H17F2N3/c1-2-6-19-7-5-18-14(19)13(17)9-10-3-4-11(15)12(16)8-10/h3-5,7-8,13H,2,6,9,17H2,1H3. The molecule has 3 nitrogen and oxygen atoms in total. The van der Waals surface area contributed by atoms with Gasteiger partial charge in [0.15, 0.2) is 11.6 Å². The fourth-order valence-electron chi connectivity index (χ4n) is 2.09. The molecule has 1 aromatic carbocycles. The molecule has 2 rings (SSSR count). The predicted octanol–water partition coefficient (Wildman–Crippen LogP) is 2.81. The first-order valence-corrected chi connectivity index (χ1v) is 6.32. The fraction of sp³-hybridized carbons (Fsp3) is 0.357. The number of imidazole rings is 1. The van der Waals surface area contributed by atoms with Gasteiger partial charge in [0, 0.05) is 18.9 Å². The number of hydrogen-bond acceptors (Lipinski definition) is 2. The van der Waals surface area contributed by atoms with E-state index in [2.05, 4.69) is 11.9 Å². The van der Waals surface area contributed by atoms with E-state index >= 15 is 0 Å². The maximum atomic E-state index is 13.1. The van der Waals surface area contributed by atoms with Crippen LogP contribution >= 0.6 is 0 Å². The molecule has 0 bridgehead atoms. The van der Waals surface area contributed by atoms with Gasteiger partial charge in [-0.2, -0.15) is 0 Å². The number of rotatable bonds is 5. The van der Waals surface area contributed by atoms with Crippen molar-refractivity contribution in [1.82, 2.24) is 9.55 Å². The third-order valence-electron chi connectivity index (χ3n) is 2.98. The molecule has 102 valence electrons. The molecular weight excluding hydrogens is 248 g/mol. The average molecular weight is 265 g/mol. The third kappa shape index (κ3) is 3.17. The van der Waals surface area contributed by atoms with Gasteiger partial charge in [-0.3, -0.25) is 0 Å². The normalized spacial score (nSPS) is 12.6. The van der Waals surface area contributed by atoms with Crippen molar-refractivity contribution in [1.29, 1.82) is 0 Å².